The number of methoxy groups -OCH3 is 1. The van der Waals surface area contributed by atoms with Crippen LogP contribution in [0.3, 0.4) is 0 Å². The molecule has 0 bridgehead atoms. The summed E-state index contributed by atoms with van der Waals surface area (Å²) in [5, 5.41) is 2.96. The van der Waals surface area contributed by atoms with Gasteiger partial charge in [-0.25, -0.2) is 9.78 Å². The van der Waals surface area contributed by atoms with Crippen LogP contribution in [-0.2, 0) is 20.9 Å². The minimum atomic E-state index is -0.652. The highest BCUT2D eigenvalue weighted by atomic mass is 35.5. The summed E-state index contributed by atoms with van der Waals surface area (Å²) in [4.78, 5) is 28.0. The molecule has 0 saturated carbocycles. The lowest BCUT2D eigenvalue weighted by molar-refractivity contribution is -0.119. The summed E-state index contributed by atoms with van der Waals surface area (Å²) in [5.41, 5.74) is 0.983. The molecule has 0 radical (unpaired) electrons. The summed E-state index contributed by atoms with van der Waals surface area (Å²) in [6, 6.07) is 6.23. The van der Waals surface area contributed by atoms with Crippen molar-refractivity contribution in [2.45, 2.75) is 13.5 Å². The molecule has 1 aromatic carbocycles. The Labute approximate surface area is 166 Å². The Balaban J connectivity index is 1.97. The fourth-order valence-electron chi connectivity index (χ4n) is 2.12. The molecular formula is C18H18Cl2N2O5. The van der Waals surface area contributed by atoms with Crippen molar-refractivity contribution in [3.05, 3.63) is 51.6 Å². The quantitative estimate of drug-likeness (QED) is 0.664. The number of nitrogens with zero attached hydrogens (tertiary/aromatic N) is 1. The second kappa shape index (κ2) is 10.1. The molecule has 27 heavy (non-hydrogen) atoms. The van der Waals surface area contributed by atoms with E-state index in [9.17, 15) is 9.59 Å². The van der Waals surface area contributed by atoms with Gasteiger partial charge in [-0.05, 0) is 31.2 Å². The molecule has 2 aromatic rings. The molecule has 0 saturated heterocycles. The van der Waals surface area contributed by atoms with Crippen molar-refractivity contribution in [3.8, 4) is 5.75 Å². The number of pyridine rings is 1. The van der Waals surface area contributed by atoms with Crippen molar-refractivity contribution in [1.82, 2.24) is 4.98 Å². The molecule has 1 aromatic heterocycles. The third-order valence-electron chi connectivity index (χ3n) is 3.38. The number of halogens is 2. The van der Waals surface area contributed by atoms with Gasteiger partial charge in [0.15, 0.2) is 12.4 Å². The van der Waals surface area contributed by atoms with Crippen LogP contribution in [0, 0.1) is 0 Å². The van der Waals surface area contributed by atoms with E-state index in [1.165, 1.54) is 19.4 Å². The van der Waals surface area contributed by atoms with Crippen LogP contribution in [0.4, 0.5) is 5.82 Å². The van der Waals surface area contributed by atoms with Gasteiger partial charge in [0.1, 0.15) is 5.75 Å². The number of anilines is 1. The Morgan fingerprint density at radius 1 is 1.22 bits per heavy atom. The minimum Gasteiger partial charge on any atom is -0.496 e. The fourth-order valence-corrected chi connectivity index (χ4v) is 2.55. The fraction of sp³-hybridized carbons (Fsp3) is 0.278. The van der Waals surface area contributed by atoms with Gasteiger partial charge in [-0.2, -0.15) is 0 Å². The molecule has 0 aliphatic carbocycles. The number of amides is 1. The first kappa shape index (κ1) is 21.0. The van der Waals surface area contributed by atoms with E-state index in [1.54, 1.807) is 18.2 Å². The van der Waals surface area contributed by atoms with Gasteiger partial charge in [0.2, 0.25) is 0 Å². The molecule has 0 aliphatic rings. The Hall–Kier alpha value is -2.35. The molecule has 0 atom stereocenters. The highest BCUT2D eigenvalue weighted by molar-refractivity contribution is 6.36. The number of ether oxygens (including phenoxy) is 3. The minimum absolute atomic E-state index is 0.130. The summed E-state index contributed by atoms with van der Waals surface area (Å²) < 4.78 is 15.6. The predicted octanol–water partition coefficient (Wildman–Crippen LogP) is 3.73. The zero-order valence-electron chi connectivity index (χ0n) is 14.8. The summed E-state index contributed by atoms with van der Waals surface area (Å²) >= 11 is 11.7. The van der Waals surface area contributed by atoms with Crippen LogP contribution in [-0.4, -0.2) is 37.2 Å². The molecule has 1 N–H and O–H groups in total. The zero-order valence-corrected chi connectivity index (χ0v) is 16.3. The number of rotatable bonds is 8. The van der Waals surface area contributed by atoms with Gasteiger partial charge in [-0.3, -0.25) is 4.79 Å². The van der Waals surface area contributed by atoms with E-state index in [0.29, 0.717) is 29.5 Å². The van der Waals surface area contributed by atoms with Crippen LogP contribution in [0.5, 0.6) is 5.75 Å². The van der Waals surface area contributed by atoms with E-state index in [4.69, 9.17) is 37.4 Å². The van der Waals surface area contributed by atoms with E-state index < -0.39 is 18.5 Å². The van der Waals surface area contributed by atoms with Gasteiger partial charge in [-0.1, -0.05) is 23.2 Å². The van der Waals surface area contributed by atoms with Crippen molar-refractivity contribution < 1.29 is 23.8 Å². The van der Waals surface area contributed by atoms with Crippen molar-refractivity contribution in [2.75, 3.05) is 25.6 Å². The Kier molecular flexibility index (Phi) is 7.84. The van der Waals surface area contributed by atoms with Crippen molar-refractivity contribution >= 4 is 40.9 Å². The largest absolute Gasteiger partial charge is 0.496 e. The number of carbonyl (C=O) groups excluding carboxylic acids is 2. The van der Waals surface area contributed by atoms with E-state index in [-0.39, 0.29) is 16.4 Å². The number of aromatic nitrogens is 1. The average molecular weight is 413 g/mol. The van der Waals surface area contributed by atoms with Gasteiger partial charge in [-0.15, -0.1) is 0 Å². The van der Waals surface area contributed by atoms with E-state index in [0.717, 1.165) is 0 Å². The third-order valence-corrected chi connectivity index (χ3v) is 3.87. The number of hydrogen-bond acceptors (Lipinski definition) is 6. The van der Waals surface area contributed by atoms with E-state index in [2.05, 4.69) is 10.3 Å². The SMILES string of the molecule is CCOCc1cc(C(=O)OCC(=O)Nc2ncc(Cl)cc2Cl)ccc1OC. The second-order valence-corrected chi connectivity index (χ2v) is 6.12. The number of hydrogen-bond donors (Lipinski definition) is 1. The van der Waals surface area contributed by atoms with E-state index in [1.807, 2.05) is 6.92 Å². The van der Waals surface area contributed by atoms with Gasteiger partial charge < -0.3 is 19.5 Å². The normalized spacial score (nSPS) is 10.4. The average Bonchev–Trinajstić information content (AvgIpc) is 2.66. The molecule has 0 fully saturated rings. The summed E-state index contributed by atoms with van der Waals surface area (Å²) in [6.45, 7) is 2.19. The molecule has 7 nitrogen and oxygen atoms in total. The number of carbonyl (C=O) groups is 2. The van der Waals surface area contributed by atoms with Crippen molar-refractivity contribution in [1.29, 1.82) is 0 Å². The molecule has 0 unspecified atom stereocenters. The topological polar surface area (TPSA) is 86.8 Å². The second-order valence-electron chi connectivity index (χ2n) is 5.27. The first-order valence-electron chi connectivity index (χ1n) is 7.97. The number of esters is 1. The molecule has 2 rings (SSSR count). The van der Waals surface area contributed by atoms with Gasteiger partial charge in [0, 0.05) is 18.4 Å². The molecule has 9 heteroatoms. The highest BCUT2D eigenvalue weighted by Gasteiger charge is 2.14. The summed E-state index contributed by atoms with van der Waals surface area (Å²) in [6.07, 6.45) is 1.34. The summed E-state index contributed by atoms with van der Waals surface area (Å²) in [5.74, 6) is -0.504. The lowest BCUT2D eigenvalue weighted by Gasteiger charge is -2.11. The molecule has 144 valence electrons. The highest BCUT2D eigenvalue weighted by Crippen LogP contribution is 2.23. The lowest BCUT2D eigenvalue weighted by atomic mass is 10.1. The van der Waals surface area contributed by atoms with Crippen LogP contribution < -0.4 is 10.1 Å². The summed E-state index contributed by atoms with van der Waals surface area (Å²) in [7, 11) is 1.53. The molecular weight excluding hydrogens is 395 g/mol. The van der Waals surface area contributed by atoms with Gasteiger partial charge >= 0.3 is 5.97 Å². The standard InChI is InChI=1S/C18H18Cl2N2O5/c1-3-26-9-12-6-11(4-5-15(12)25-2)18(24)27-10-16(23)22-17-14(20)7-13(19)8-21-17/h4-8H,3,9-10H2,1-2H3,(H,21,22,23). The van der Waals surface area contributed by atoms with Gasteiger partial charge in [0.25, 0.3) is 5.91 Å². The third kappa shape index (κ3) is 6.09. The first-order valence-corrected chi connectivity index (χ1v) is 8.72. The van der Waals surface area contributed by atoms with Crippen LogP contribution >= 0.6 is 23.2 Å². The maximum absolute atomic E-state index is 12.2. The molecule has 1 heterocycles. The van der Waals surface area contributed by atoms with Crippen LogP contribution in [0.1, 0.15) is 22.8 Å². The van der Waals surface area contributed by atoms with Crippen LogP contribution in [0.15, 0.2) is 30.5 Å². The smallest absolute Gasteiger partial charge is 0.338 e. The Morgan fingerprint density at radius 2 is 2.00 bits per heavy atom. The Bertz CT molecular complexity index is 829. The maximum Gasteiger partial charge on any atom is 0.338 e. The molecule has 1 amide bonds. The van der Waals surface area contributed by atoms with Gasteiger partial charge in [0.05, 0.1) is 29.3 Å². The lowest BCUT2D eigenvalue weighted by Crippen LogP contribution is -2.21. The maximum atomic E-state index is 12.2. The Morgan fingerprint density at radius 3 is 2.67 bits per heavy atom. The van der Waals surface area contributed by atoms with Crippen molar-refractivity contribution in [2.24, 2.45) is 0 Å². The van der Waals surface area contributed by atoms with Crippen molar-refractivity contribution in [3.63, 3.8) is 0 Å². The molecule has 0 spiro atoms. The van der Waals surface area contributed by atoms with Crippen LogP contribution in [0.25, 0.3) is 0 Å². The van der Waals surface area contributed by atoms with Crippen LogP contribution in [0.2, 0.25) is 10.0 Å². The zero-order chi connectivity index (χ0) is 19.8. The number of nitrogens with one attached hydrogen (secondary N) is 1. The van der Waals surface area contributed by atoms with E-state index >= 15 is 0 Å². The first-order chi connectivity index (χ1) is 12.9. The predicted molar refractivity (Wildman–Crippen MR) is 101 cm³/mol. The molecule has 0 aliphatic heterocycles. The number of benzene rings is 1. The monoisotopic (exact) mass is 412 g/mol.